The summed E-state index contributed by atoms with van der Waals surface area (Å²) in [5, 5.41) is 3.64. The van der Waals surface area contributed by atoms with Crippen LogP contribution in [-0.2, 0) is 4.79 Å². The Labute approximate surface area is 189 Å². The van der Waals surface area contributed by atoms with E-state index in [2.05, 4.69) is 36.3 Å². The number of rotatable bonds is 6. The molecule has 0 aliphatic rings. The third kappa shape index (κ3) is 5.01. The van der Waals surface area contributed by atoms with Crippen molar-refractivity contribution in [3.05, 3.63) is 76.3 Å². The van der Waals surface area contributed by atoms with Gasteiger partial charge in [-0.05, 0) is 66.1 Å². The van der Waals surface area contributed by atoms with Crippen molar-refractivity contribution in [2.45, 2.75) is 19.8 Å². The first-order chi connectivity index (χ1) is 14.9. The summed E-state index contributed by atoms with van der Waals surface area (Å²) in [5.74, 6) is 1.05. The Bertz CT molecular complexity index is 1230. The summed E-state index contributed by atoms with van der Waals surface area (Å²) >= 11 is 11.9. The number of anilines is 1. The number of hydrogen-bond acceptors (Lipinski definition) is 4. The molecule has 0 radical (unpaired) electrons. The molecule has 0 aliphatic carbocycles. The van der Waals surface area contributed by atoms with Crippen LogP contribution in [0.2, 0.25) is 10.0 Å². The summed E-state index contributed by atoms with van der Waals surface area (Å²) in [5.41, 5.74) is 4.25. The second-order valence-electron chi connectivity index (χ2n) is 7.39. The lowest BCUT2D eigenvalue weighted by molar-refractivity contribution is -0.118. The zero-order valence-corrected chi connectivity index (χ0v) is 18.5. The number of benzene rings is 3. The van der Waals surface area contributed by atoms with Crippen LogP contribution in [0.3, 0.4) is 0 Å². The molecule has 0 unspecified atom stereocenters. The molecule has 1 heterocycles. The van der Waals surface area contributed by atoms with Gasteiger partial charge in [0.05, 0.1) is 5.02 Å². The second kappa shape index (κ2) is 9.00. The highest BCUT2D eigenvalue weighted by Gasteiger charge is 2.11. The van der Waals surface area contributed by atoms with E-state index in [1.807, 2.05) is 18.2 Å². The summed E-state index contributed by atoms with van der Waals surface area (Å²) in [6.07, 6.45) is 0. The molecule has 31 heavy (non-hydrogen) atoms. The monoisotopic (exact) mass is 454 g/mol. The highest BCUT2D eigenvalue weighted by molar-refractivity contribution is 6.35. The van der Waals surface area contributed by atoms with E-state index in [0.29, 0.717) is 33.3 Å². The van der Waals surface area contributed by atoms with Crippen LogP contribution >= 0.6 is 23.2 Å². The molecule has 4 rings (SSSR count). The fraction of sp³-hybridized carbons (Fsp3) is 0.167. The van der Waals surface area contributed by atoms with Crippen molar-refractivity contribution in [2.75, 3.05) is 11.9 Å². The standard InChI is InChI=1S/C24H20Cl2N2O3/c1-14(2)16-5-9-22-20(11-16)28-24(31-22)15-3-7-18(8-4-15)27-23(29)13-30-21-10-6-17(25)12-19(21)26/h3-12,14H,13H2,1-2H3,(H,27,29). The lowest BCUT2D eigenvalue weighted by Gasteiger charge is -2.09. The van der Waals surface area contributed by atoms with Crippen molar-refractivity contribution in [1.82, 2.24) is 4.98 Å². The van der Waals surface area contributed by atoms with Crippen LogP contribution < -0.4 is 10.1 Å². The van der Waals surface area contributed by atoms with Crippen LogP contribution in [-0.4, -0.2) is 17.5 Å². The SMILES string of the molecule is CC(C)c1ccc2oc(-c3ccc(NC(=O)COc4ccc(Cl)cc4Cl)cc3)nc2c1. The normalized spacial score (nSPS) is 11.1. The van der Waals surface area contributed by atoms with E-state index in [1.165, 1.54) is 5.56 Å². The van der Waals surface area contributed by atoms with Gasteiger partial charge in [-0.3, -0.25) is 4.79 Å². The average Bonchev–Trinajstić information content (AvgIpc) is 3.17. The van der Waals surface area contributed by atoms with Gasteiger partial charge in [0.15, 0.2) is 12.2 Å². The molecule has 0 spiro atoms. The zero-order chi connectivity index (χ0) is 22.0. The third-order valence-corrected chi connectivity index (χ3v) is 5.28. The van der Waals surface area contributed by atoms with E-state index in [4.69, 9.17) is 32.4 Å². The second-order valence-corrected chi connectivity index (χ2v) is 8.23. The molecule has 1 N–H and O–H groups in total. The molecule has 0 saturated carbocycles. The molecule has 1 amide bonds. The molecule has 3 aromatic carbocycles. The van der Waals surface area contributed by atoms with Crippen LogP contribution in [0.15, 0.2) is 65.1 Å². The Balaban J connectivity index is 1.41. The van der Waals surface area contributed by atoms with E-state index in [9.17, 15) is 4.79 Å². The molecule has 4 aromatic rings. The molecule has 158 valence electrons. The van der Waals surface area contributed by atoms with Crippen LogP contribution in [0.4, 0.5) is 5.69 Å². The van der Waals surface area contributed by atoms with Gasteiger partial charge in [0.25, 0.3) is 5.91 Å². The minimum Gasteiger partial charge on any atom is -0.482 e. The number of fused-ring (bicyclic) bond motifs is 1. The number of nitrogens with one attached hydrogen (secondary N) is 1. The largest absolute Gasteiger partial charge is 0.482 e. The van der Waals surface area contributed by atoms with Crippen molar-refractivity contribution in [3.8, 4) is 17.2 Å². The third-order valence-electron chi connectivity index (χ3n) is 4.75. The number of carbonyl (C=O) groups excluding carboxylic acids is 1. The van der Waals surface area contributed by atoms with Crippen molar-refractivity contribution < 1.29 is 13.9 Å². The topological polar surface area (TPSA) is 64.4 Å². The molecular formula is C24H20Cl2N2O3. The Morgan fingerprint density at radius 2 is 1.84 bits per heavy atom. The van der Waals surface area contributed by atoms with Crippen LogP contribution in [0.1, 0.15) is 25.3 Å². The van der Waals surface area contributed by atoms with Crippen LogP contribution in [0.25, 0.3) is 22.6 Å². The van der Waals surface area contributed by atoms with E-state index in [0.717, 1.165) is 16.7 Å². The Hall–Kier alpha value is -3.02. The molecule has 7 heteroatoms. The quantitative estimate of drug-likeness (QED) is 0.342. The fourth-order valence-corrected chi connectivity index (χ4v) is 3.52. The summed E-state index contributed by atoms with van der Waals surface area (Å²) in [7, 11) is 0. The average molecular weight is 455 g/mol. The first-order valence-electron chi connectivity index (χ1n) is 9.77. The lowest BCUT2D eigenvalue weighted by Crippen LogP contribution is -2.20. The van der Waals surface area contributed by atoms with Crippen molar-refractivity contribution in [2.24, 2.45) is 0 Å². The zero-order valence-electron chi connectivity index (χ0n) is 17.0. The highest BCUT2D eigenvalue weighted by atomic mass is 35.5. The van der Waals surface area contributed by atoms with Crippen LogP contribution in [0, 0.1) is 0 Å². The Morgan fingerprint density at radius 1 is 1.06 bits per heavy atom. The highest BCUT2D eigenvalue weighted by Crippen LogP contribution is 2.29. The van der Waals surface area contributed by atoms with E-state index in [1.54, 1.807) is 30.3 Å². The molecule has 0 bridgehead atoms. The maximum atomic E-state index is 12.2. The molecule has 0 aliphatic heterocycles. The van der Waals surface area contributed by atoms with E-state index < -0.39 is 0 Å². The summed E-state index contributed by atoms with van der Waals surface area (Å²) in [4.78, 5) is 16.8. The molecule has 1 aromatic heterocycles. The molecule has 5 nitrogen and oxygen atoms in total. The fourth-order valence-electron chi connectivity index (χ4n) is 3.06. The van der Waals surface area contributed by atoms with Crippen LogP contribution in [0.5, 0.6) is 5.75 Å². The molecule has 0 atom stereocenters. The number of oxazole rings is 1. The molecular weight excluding hydrogens is 435 g/mol. The van der Waals surface area contributed by atoms with Gasteiger partial charge in [-0.2, -0.15) is 0 Å². The number of amides is 1. The summed E-state index contributed by atoms with van der Waals surface area (Å²) in [6, 6.07) is 18.2. The summed E-state index contributed by atoms with van der Waals surface area (Å²) < 4.78 is 11.3. The van der Waals surface area contributed by atoms with Gasteiger partial charge < -0.3 is 14.5 Å². The number of hydrogen-bond donors (Lipinski definition) is 1. The smallest absolute Gasteiger partial charge is 0.262 e. The summed E-state index contributed by atoms with van der Waals surface area (Å²) in [6.45, 7) is 4.11. The minimum absolute atomic E-state index is 0.174. The number of aromatic nitrogens is 1. The number of halogens is 2. The van der Waals surface area contributed by atoms with Gasteiger partial charge in [-0.1, -0.05) is 43.1 Å². The first-order valence-corrected chi connectivity index (χ1v) is 10.5. The van der Waals surface area contributed by atoms with E-state index in [-0.39, 0.29) is 12.5 Å². The van der Waals surface area contributed by atoms with Gasteiger partial charge in [0.1, 0.15) is 11.3 Å². The molecule has 0 fully saturated rings. The maximum absolute atomic E-state index is 12.2. The van der Waals surface area contributed by atoms with Crippen molar-refractivity contribution in [1.29, 1.82) is 0 Å². The first kappa shape index (κ1) is 21.2. The lowest BCUT2D eigenvalue weighted by atomic mass is 10.0. The Morgan fingerprint density at radius 3 is 2.55 bits per heavy atom. The minimum atomic E-state index is -0.304. The van der Waals surface area contributed by atoms with Gasteiger partial charge in [-0.15, -0.1) is 0 Å². The maximum Gasteiger partial charge on any atom is 0.262 e. The predicted octanol–water partition coefficient (Wildman–Crippen LogP) is 6.94. The van der Waals surface area contributed by atoms with Gasteiger partial charge in [0.2, 0.25) is 5.89 Å². The van der Waals surface area contributed by atoms with Crippen molar-refractivity contribution >= 4 is 45.9 Å². The van der Waals surface area contributed by atoms with Gasteiger partial charge >= 0.3 is 0 Å². The number of carbonyl (C=O) groups is 1. The van der Waals surface area contributed by atoms with Gasteiger partial charge in [-0.25, -0.2) is 4.98 Å². The molecule has 0 saturated heterocycles. The number of ether oxygens (including phenoxy) is 1. The Kier molecular flexibility index (Phi) is 6.16. The van der Waals surface area contributed by atoms with E-state index >= 15 is 0 Å². The predicted molar refractivity (Wildman–Crippen MR) is 124 cm³/mol. The van der Waals surface area contributed by atoms with Gasteiger partial charge in [0, 0.05) is 16.3 Å². The number of nitrogens with zero attached hydrogens (tertiary/aromatic N) is 1. The van der Waals surface area contributed by atoms with Crippen molar-refractivity contribution in [3.63, 3.8) is 0 Å².